The Morgan fingerprint density at radius 2 is 1.81 bits per heavy atom. The lowest BCUT2D eigenvalue weighted by atomic mass is 9.67. The summed E-state index contributed by atoms with van der Waals surface area (Å²) < 4.78 is 0. The molecule has 1 aromatic heterocycles. The molecule has 1 saturated carbocycles. The lowest BCUT2D eigenvalue weighted by Crippen LogP contribution is -2.44. The summed E-state index contributed by atoms with van der Waals surface area (Å²) >= 11 is 0. The van der Waals surface area contributed by atoms with Crippen LogP contribution in [-0.4, -0.2) is 48.1 Å². The molecular formula is C17H28N4. The van der Waals surface area contributed by atoms with Crippen LogP contribution in [0.5, 0.6) is 0 Å². The maximum Gasteiger partial charge on any atom is 0.132 e. The van der Waals surface area contributed by atoms with E-state index < -0.39 is 0 Å². The molecule has 1 saturated heterocycles. The maximum absolute atomic E-state index is 4.57. The summed E-state index contributed by atoms with van der Waals surface area (Å²) in [4.78, 5) is 13.6. The minimum absolute atomic E-state index is 0.616. The minimum atomic E-state index is 0.616. The van der Waals surface area contributed by atoms with Crippen LogP contribution >= 0.6 is 0 Å². The Bertz CT molecular complexity index is 467. The number of piperidine rings is 1. The van der Waals surface area contributed by atoms with Crippen molar-refractivity contribution in [2.45, 2.75) is 51.5 Å². The summed E-state index contributed by atoms with van der Waals surface area (Å²) in [6, 6.07) is 2.85. The second-order valence-electron chi connectivity index (χ2n) is 7.14. The van der Waals surface area contributed by atoms with Crippen LogP contribution in [0.25, 0.3) is 0 Å². The highest BCUT2D eigenvalue weighted by atomic mass is 15.2. The van der Waals surface area contributed by atoms with Gasteiger partial charge in [-0.25, -0.2) is 9.97 Å². The van der Waals surface area contributed by atoms with E-state index in [4.69, 9.17) is 0 Å². The molecule has 1 spiro atoms. The third-order valence-corrected chi connectivity index (χ3v) is 5.66. The Balaban J connectivity index is 1.58. The molecule has 0 aromatic carbocycles. The number of nitrogens with zero attached hydrogens (tertiary/aromatic N) is 4. The second-order valence-corrected chi connectivity index (χ2v) is 7.14. The van der Waals surface area contributed by atoms with E-state index >= 15 is 0 Å². The van der Waals surface area contributed by atoms with Crippen molar-refractivity contribution in [2.24, 2.45) is 5.41 Å². The molecule has 0 unspecified atom stereocenters. The summed E-state index contributed by atoms with van der Waals surface area (Å²) in [5.41, 5.74) is 0.616. The van der Waals surface area contributed by atoms with Crippen molar-refractivity contribution in [3.63, 3.8) is 0 Å². The van der Waals surface area contributed by atoms with E-state index in [-0.39, 0.29) is 0 Å². The van der Waals surface area contributed by atoms with Crippen LogP contribution in [0.1, 0.15) is 44.3 Å². The number of aryl methyl sites for hydroxylation is 1. The average molecular weight is 288 g/mol. The van der Waals surface area contributed by atoms with Crippen molar-refractivity contribution in [2.75, 3.05) is 32.1 Å². The van der Waals surface area contributed by atoms with Gasteiger partial charge in [-0.3, -0.25) is 0 Å². The molecular weight excluding hydrogens is 260 g/mol. The van der Waals surface area contributed by atoms with Gasteiger partial charge in [0.25, 0.3) is 0 Å². The molecule has 0 N–H and O–H groups in total. The van der Waals surface area contributed by atoms with Crippen LogP contribution in [0, 0.1) is 12.3 Å². The van der Waals surface area contributed by atoms with Gasteiger partial charge in [-0.05, 0) is 71.0 Å². The van der Waals surface area contributed by atoms with Gasteiger partial charge >= 0.3 is 0 Å². The van der Waals surface area contributed by atoms with E-state index in [1.165, 1.54) is 38.5 Å². The number of hydrogen-bond acceptors (Lipinski definition) is 4. The lowest BCUT2D eigenvalue weighted by molar-refractivity contribution is 0.0922. The second kappa shape index (κ2) is 5.91. The molecule has 2 aliphatic rings. The number of aromatic nitrogens is 2. The van der Waals surface area contributed by atoms with Gasteiger partial charge in [0.05, 0.1) is 0 Å². The first-order valence-corrected chi connectivity index (χ1v) is 8.29. The Hall–Kier alpha value is -1.16. The first kappa shape index (κ1) is 14.8. The van der Waals surface area contributed by atoms with Crippen molar-refractivity contribution >= 4 is 5.82 Å². The van der Waals surface area contributed by atoms with Crippen molar-refractivity contribution < 1.29 is 0 Å². The Morgan fingerprint density at radius 1 is 1.14 bits per heavy atom. The van der Waals surface area contributed by atoms with Crippen LogP contribution in [0.2, 0.25) is 0 Å². The standard InChI is InChI=1S/C17H28N4/c1-14-18-11-6-16(19-14)21-12-9-17(10-13-21)7-4-15(5-8-17)20(2)3/h6,11,15H,4-5,7-10,12-13H2,1-3H3. The normalized spacial score (nSPS) is 23.0. The smallest absolute Gasteiger partial charge is 0.132 e. The van der Waals surface area contributed by atoms with Crippen LogP contribution in [0.4, 0.5) is 5.82 Å². The fourth-order valence-electron chi connectivity index (χ4n) is 4.06. The summed E-state index contributed by atoms with van der Waals surface area (Å²) in [7, 11) is 4.45. The summed E-state index contributed by atoms with van der Waals surface area (Å²) in [5, 5.41) is 0. The van der Waals surface area contributed by atoms with E-state index in [1.807, 2.05) is 19.2 Å². The van der Waals surface area contributed by atoms with Crippen molar-refractivity contribution in [3.8, 4) is 0 Å². The molecule has 2 fully saturated rings. The molecule has 0 amide bonds. The van der Waals surface area contributed by atoms with Gasteiger partial charge in [-0.1, -0.05) is 0 Å². The van der Waals surface area contributed by atoms with E-state index in [1.54, 1.807) is 0 Å². The quantitative estimate of drug-likeness (QED) is 0.837. The van der Waals surface area contributed by atoms with Gasteiger partial charge < -0.3 is 9.80 Å². The summed E-state index contributed by atoms with van der Waals surface area (Å²) in [6.07, 6.45) is 10.1. The van der Waals surface area contributed by atoms with E-state index in [0.29, 0.717) is 5.41 Å². The topological polar surface area (TPSA) is 32.3 Å². The van der Waals surface area contributed by atoms with Crippen molar-refractivity contribution in [3.05, 3.63) is 18.1 Å². The number of hydrogen-bond donors (Lipinski definition) is 0. The molecule has 2 heterocycles. The van der Waals surface area contributed by atoms with Crippen molar-refractivity contribution in [1.82, 2.24) is 14.9 Å². The van der Waals surface area contributed by atoms with Crippen LogP contribution in [0.15, 0.2) is 12.3 Å². The third kappa shape index (κ3) is 3.20. The van der Waals surface area contributed by atoms with Gasteiger partial charge in [0.15, 0.2) is 0 Å². The molecule has 4 heteroatoms. The van der Waals surface area contributed by atoms with Crippen molar-refractivity contribution in [1.29, 1.82) is 0 Å². The molecule has 0 radical (unpaired) electrons. The van der Waals surface area contributed by atoms with Gasteiger partial charge in [-0.2, -0.15) is 0 Å². The molecule has 1 aromatic rings. The highest BCUT2D eigenvalue weighted by Gasteiger charge is 2.38. The zero-order valence-corrected chi connectivity index (χ0v) is 13.7. The zero-order chi connectivity index (χ0) is 14.9. The lowest BCUT2D eigenvalue weighted by Gasteiger charge is -2.47. The predicted molar refractivity (Wildman–Crippen MR) is 86.6 cm³/mol. The summed E-state index contributed by atoms with van der Waals surface area (Å²) in [6.45, 7) is 4.28. The molecule has 1 aliphatic carbocycles. The monoisotopic (exact) mass is 288 g/mol. The third-order valence-electron chi connectivity index (χ3n) is 5.66. The Morgan fingerprint density at radius 3 is 2.38 bits per heavy atom. The van der Waals surface area contributed by atoms with Crippen LogP contribution in [0.3, 0.4) is 0 Å². The highest BCUT2D eigenvalue weighted by Crippen LogP contribution is 2.45. The predicted octanol–water partition coefficient (Wildman–Crippen LogP) is 2.88. The fourth-order valence-corrected chi connectivity index (χ4v) is 4.06. The molecule has 21 heavy (non-hydrogen) atoms. The highest BCUT2D eigenvalue weighted by molar-refractivity contribution is 5.38. The molecule has 1 aliphatic heterocycles. The average Bonchev–Trinajstić information content (AvgIpc) is 2.48. The number of rotatable bonds is 2. The van der Waals surface area contributed by atoms with Gasteiger partial charge in [0.2, 0.25) is 0 Å². The molecule has 0 atom stereocenters. The molecule has 116 valence electrons. The first-order chi connectivity index (χ1) is 10.1. The SMILES string of the molecule is Cc1nccc(N2CCC3(CCC(N(C)C)CC3)CC2)n1. The zero-order valence-electron chi connectivity index (χ0n) is 13.7. The molecule has 3 rings (SSSR count). The van der Waals surface area contributed by atoms with Crippen LogP contribution < -0.4 is 4.90 Å². The Kier molecular flexibility index (Phi) is 4.16. The number of anilines is 1. The van der Waals surface area contributed by atoms with E-state index in [0.717, 1.165) is 30.8 Å². The van der Waals surface area contributed by atoms with E-state index in [2.05, 4.69) is 33.9 Å². The molecule has 0 bridgehead atoms. The minimum Gasteiger partial charge on any atom is -0.356 e. The molecule has 4 nitrogen and oxygen atoms in total. The van der Waals surface area contributed by atoms with Crippen LogP contribution in [-0.2, 0) is 0 Å². The van der Waals surface area contributed by atoms with Gasteiger partial charge in [0, 0.05) is 25.3 Å². The first-order valence-electron chi connectivity index (χ1n) is 8.29. The van der Waals surface area contributed by atoms with Gasteiger partial charge in [-0.15, -0.1) is 0 Å². The summed E-state index contributed by atoms with van der Waals surface area (Å²) in [5.74, 6) is 1.98. The largest absolute Gasteiger partial charge is 0.356 e. The Labute approximate surface area is 128 Å². The fraction of sp³-hybridized carbons (Fsp3) is 0.765. The van der Waals surface area contributed by atoms with E-state index in [9.17, 15) is 0 Å². The maximum atomic E-state index is 4.57. The van der Waals surface area contributed by atoms with Gasteiger partial charge in [0.1, 0.15) is 11.6 Å².